The first-order valence-corrected chi connectivity index (χ1v) is 10.2. The van der Waals surface area contributed by atoms with Crippen LogP contribution in [-0.4, -0.2) is 19.1 Å². The van der Waals surface area contributed by atoms with E-state index in [9.17, 15) is 4.79 Å². The van der Waals surface area contributed by atoms with Crippen LogP contribution >= 0.6 is 11.3 Å². The van der Waals surface area contributed by atoms with E-state index in [-0.39, 0.29) is 11.9 Å². The zero-order valence-electron chi connectivity index (χ0n) is 15.5. The zero-order chi connectivity index (χ0) is 18.4. The fourth-order valence-corrected chi connectivity index (χ4v) is 4.03. The molecule has 5 heteroatoms. The summed E-state index contributed by atoms with van der Waals surface area (Å²) < 4.78 is 11.6. The molecule has 1 heterocycles. The molecule has 2 aromatic rings. The van der Waals surface area contributed by atoms with Gasteiger partial charge in [-0.2, -0.15) is 0 Å². The van der Waals surface area contributed by atoms with Gasteiger partial charge in [-0.3, -0.25) is 4.79 Å². The van der Waals surface area contributed by atoms with Crippen LogP contribution in [0.15, 0.2) is 35.7 Å². The number of ether oxygens (including phenoxy) is 2. The van der Waals surface area contributed by atoms with E-state index in [0.717, 1.165) is 36.3 Å². The van der Waals surface area contributed by atoms with Gasteiger partial charge in [-0.15, -0.1) is 11.3 Å². The van der Waals surface area contributed by atoms with Crippen molar-refractivity contribution < 1.29 is 14.3 Å². The number of nitrogens with one attached hydrogen (secondary N) is 1. The van der Waals surface area contributed by atoms with Gasteiger partial charge in [0.05, 0.1) is 19.3 Å². The first kappa shape index (κ1) is 18.8. The van der Waals surface area contributed by atoms with Crippen LogP contribution in [-0.2, 0) is 11.2 Å². The van der Waals surface area contributed by atoms with Gasteiger partial charge in [-0.1, -0.05) is 12.1 Å². The molecule has 3 rings (SSSR count). The van der Waals surface area contributed by atoms with Crippen LogP contribution in [0.25, 0.3) is 0 Å². The van der Waals surface area contributed by atoms with Gasteiger partial charge < -0.3 is 14.8 Å². The third kappa shape index (κ3) is 5.01. The van der Waals surface area contributed by atoms with E-state index in [1.165, 1.54) is 17.7 Å². The van der Waals surface area contributed by atoms with Crippen molar-refractivity contribution in [2.24, 2.45) is 0 Å². The quantitative estimate of drug-likeness (QED) is 0.717. The maximum absolute atomic E-state index is 12.2. The second kappa shape index (κ2) is 9.08. The highest BCUT2D eigenvalue weighted by Gasteiger charge is 2.19. The Morgan fingerprint density at radius 3 is 2.77 bits per heavy atom. The number of thiophene rings is 1. The number of rotatable bonds is 8. The van der Waals surface area contributed by atoms with Gasteiger partial charge in [0, 0.05) is 11.3 Å². The van der Waals surface area contributed by atoms with E-state index in [0.29, 0.717) is 12.5 Å². The molecule has 1 aliphatic rings. The standard InChI is InChI=1S/C21H27NO3S/c1-15(22-21(23)12-10-18-8-5-13-26-18)16-9-11-19(20(14-16)24-2)25-17-6-3-4-7-17/h5,8-9,11,13-15,17H,3-4,6-7,10,12H2,1-2H3,(H,22,23). The van der Waals surface area contributed by atoms with Crippen LogP contribution in [0.1, 0.15) is 55.5 Å². The molecule has 140 valence electrons. The van der Waals surface area contributed by atoms with Crippen LogP contribution in [0, 0.1) is 0 Å². The molecule has 1 aromatic carbocycles. The fraction of sp³-hybridized carbons (Fsp3) is 0.476. The van der Waals surface area contributed by atoms with Crippen molar-refractivity contribution in [3.63, 3.8) is 0 Å². The third-order valence-corrected chi connectivity index (χ3v) is 5.78. The number of aryl methyl sites for hydroxylation is 1. The minimum Gasteiger partial charge on any atom is -0.493 e. The monoisotopic (exact) mass is 373 g/mol. The predicted octanol–water partition coefficient (Wildman–Crippen LogP) is 4.89. The summed E-state index contributed by atoms with van der Waals surface area (Å²) in [7, 11) is 1.66. The number of benzene rings is 1. The maximum atomic E-state index is 12.2. The van der Waals surface area contributed by atoms with Gasteiger partial charge >= 0.3 is 0 Å². The molecule has 1 N–H and O–H groups in total. The Labute approximate surface area is 159 Å². The molecule has 1 aliphatic carbocycles. The average Bonchev–Trinajstić information content (AvgIpc) is 3.34. The Bertz CT molecular complexity index is 708. The molecule has 0 saturated heterocycles. The van der Waals surface area contributed by atoms with Crippen molar-refractivity contribution in [2.75, 3.05) is 7.11 Å². The maximum Gasteiger partial charge on any atom is 0.220 e. The number of amides is 1. The van der Waals surface area contributed by atoms with Crippen molar-refractivity contribution in [2.45, 2.75) is 57.6 Å². The molecule has 1 saturated carbocycles. The molecule has 1 fully saturated rings. The second-order valence-electron chi connectivity index (χ2n) is 6.80. The SMILES string of the molecule is COc1cc(C(C)NC(=O)CCc2cccs2)ccc1OC1CCCC1. The Morgan fingerprint density at radius 1 is 1.27 bits per heavy atom. The van der Waals surface area contributed by atoms with Crippen molar-refractivity contribution >= 4 is 17.2 Å². The third-order valence-electron chi connectivity index (χ3n) is 4.84. The molecule has 1 aromatic heterocycles. The summed E-state index contributed by atoms with van der Waals surface area (Å²) in [6.07, 6.45) is 6.28. The lowest BCUT2D eigenvalue weighted by Crippen LogP contribution is -2.26. The number of methoxy groups -OCH3 is 1. The Morgan fingerprint density at radius 2 is 2.08 bits per heavy atom. The highest BCUT2D eigenvalue weighted by Crippen LogP contribution is 2.33. The van der Waals surface area contributed by atoms with Crippen LogP contribution in [0.2, 0.25) is 0 Å². The molecule has 0 spiro atoms. The summed E-state index contributed by atoms with van der Waals surface area (Å²) in [5.41, 5.74) is 1.02. The lowest BCUT2D eigenvalue weighted by Gasteiger charge is -2.19. The summed E-state index contributed by atoms with van der Waals surface area (Å²) in [4.78, 5) is 13.4. The zero-order valence-corrected chi connectivity index (χ0v) is 16.3. The fourth-order valence-electron chi connectivity index (χ4n) is 3.33. The van der Waals surface area contributed by atoms with Gasteiger partial charge in [0.2, 0.25) is 5.91 Å². The molecule has 1 atom stereocenters. The van der Waals surface area contributed by atoms with Gasteiger partial charge in [0.15, 0.2) is 11.5 Å². The summed E-state index contributed by atoms with van der Waals surface area (Å²) in [6, 6.07) is 9.95. The Hall–Kier alpha value is -2.01. The molecule has 0 radical (unpaired) electrons. The molecule has 0 bridgehead atoms. The van der Waals surface area contributed by atoms with Gasteiger partial charge in [0.1, 0.15) is 0 Å². The second-order valence-corrected chi connectivity index (χ2v) is 7.84. The number of carbonyl (C=O) groups is 1. The van der Waals surface area contributed by atoms with Crippen LogP contribution in [0.3, 0.4) is 0 Å². The summed E-state index contributed by atoms with van der Waals surface area (Å²) in [6.45, 7) is 2.00. The van der Waals surface area contributed by atoms with Gasteiger partial charge in [-0.25, -0.2) is 0 Å². The highest BCUT2D eigenvalue weighted by atomic mass is 32.1. The van der Waals surface area contributed by atoms with E-state index >= 15 is 0 Å². The lowest BCUT2D eigenvalue weighted by molar-refractivity contribution is -0.121. The van der Waals surface area contributed by atoms with Crippen molar-refractivity contribution in [3.8, 4) is 11.5 Å². The first-order valence-electron chi connectivity index (χ1n) is 9.32. The first-order chi connectivity index (χ1) is 12.7. The smallest absolute Gasteiger partial charge is 0.220 e. The van der Waals surface area contributed by atoms with E-state index in [1.807, 2.05) is 36.6 Å². The van der Waals surface area contributed by atoms with Crippen LogP contribution in [0.4, 0.5) is 0 Å². The minimum absolute atomic E-state index is 0.0659. The van der Waals surface area contributed by atoms with Crippen molar-refractivity contribution in [1.82, 2.24) is 5.32 Å². The number of hydrogen-bond acceptors (Lipinski definition) is 4. The highest BCUT2D eigenvalue weighted by molar-refractivity contribution is 7.09. The molecule has 4 nitrogen and oxygen atoms in total. The predicted molar refractivity (Wildman–Crippen MR) is 105 cm³/mol. The number of hydrogen-bond donors (Lipinski definition) is 1. The Balaban J connectivity index is 1.57. The molecular formula is C21H27NO3S. The lowest BCUT2D eigenvalue weighted by atomic mass is 10.1. The van der Waals surface area contributed by atoms with Crippen molar-refractivity contribution in [1.29, 1.82) is 0 Å². The van der Waals surface area contributed by atoms with E-state index in [2.05, 4.69) is 11.4 Å². The van der Waals surface area contributed by atoms with Gasteiger partial charge in [-0.05, 0) is 68.2 Å². The summed E-state index contributed by atoms with van der Waals surface area (Å²) >= 11 is 1.69. The summed E-state index contributed by atoms with van der Waals surface area (Å²) in [5.74, 6) is 1.59. The molecule has 1 amide bonds. The normalized spacial score (nSPS) is 15.6. The van der Waals surface area contributed by atoms with E-state index in [4.69, 9.17) is 9.47 Å². The minimum atomic E-state index is -0.0692. The summed E-state index contributed by atoms with van der Waals surface area (Å²) in [5, 5.41) is 5.11. The average molecular weight is 374 g/mol. The molecule has 0 aliphatic heterocycles. The van der Waals surface area contributed by atoms with Crippen molar-refractivity contribution in [3.05, 3.63) is 46.2 Å². The Kier molecular flexibility index (Phi) is 6.56. The van der Waals surface area contributed by atoms with Crippen LogP contribution in [0.5, 0.6) is 11.5 Å². The molecule has 26 heavy (non-hydrogen) atoms. The molecular weight excluding hydrogens is 346 g/mol. The molecule has 1 unspecified atom stereocenters. The largest absolute Gasteiger partial charge is 0.493 e. The van der Waals surface area contributed by atoms with Crippen LogP contribution < -0.4 is 14.8 Å². The van der Waals surface area contributed by atoms with Gasteiger partial charge in [0.25, 0.3) is 0 Å². The topological polar surface area (TPSA) is 47.6 Å². The van der Waals surface area contributed by atoms with E-state index in [1.54, 1.807) is 18.4 Å². The van der Waals surface area contributed by atoms with E-state index < -0.39 is 0 Å². The number of carbonyl (C=O) groups excluding carboxylic acids is 1.